The summed E-state index contributed by atoms with van der Waals surface area (Å²) in [5.74, 6) is 0. The van der Waals surface area contributed by atoms with E-state index in [4.69, 9.17) is 17.0 Å². The molecule has 5 heteroatoms. The summed E-state index contributed by atoms with van der Waals surface area (Å²) in [7, 11) is 0. The molecule has 1 aromatic rings. The maximum Gasteiger partial charge on any atom is 0.170 e. The smallest absolute Gasteiger partial charge is 0.170 e. The van der Waals surface area contributed by atoms with Crippen molar-refractivity contribution < 1.29 is 4.74 Å². The summed E-state index contributed by atoms with van der Waals surface area (Å²) in [6.45, 7) is 3.57. The van der Waals surface area contributed by atoms with Crippen molar-refractivity contribution in [3.05, 3.63) is 30.3 Å². The number of para-hydroxylation sites is 1. The van der Waals surface area contributed by atoms with Crippen LogP contribution in [0.4, 0.5) is 5.69 Å². The molecule has 0 unspecified atom stereocenters. The summed E-state index contributed by atoms with van der Waals surface area (Å²) in [4.78, 5) is 0. The minimum atomic E-state index is 0.559. The van der Waals surface area contributed by atoms with Gasteiger partial charge < -0.3 is 20.7 Å². The fourth-order valence-corrected chi connectivity index (χ4v) is 2.42. The van der Waals surface area contributed by atoms with Crippen LogP contribution in [-0.2, 0) is 4.74 Å². The van der Waals surface area contributed by atoms with Crippen LogP contribution in [0.15, 0.2) is 30.3 Å². The van der Waals surface area contributed by atoms with Crippen LogP contribution in [0.3, 0.4) is 0 Å². The fourth-order valence-electron chi connectivity index (χ4n) is 2.20. The molecule has 2 rings (SSSR count). The number of anilines is 1. The second-order valence-corrected chi connectivity index (χ2v) is 5.38. The van der Waals surface area contributed by atoms with Gasteiger partial charge in [0.25, 0.3) is 0 Å². The zero-order valence-corrected chi connectivity index (χ0v) is 12.5. The molecule has 0 amide bonds. The van der Waals surface area contributed by atoms with E-state index in [0.29, 0.717) is 11.2 Å². The molecule has 1 atom stereocenters. The Labute approximate surface area is 126 Å². The Hall–Kier alpha value is -1.17. The Kier molecular flexibility index (Phi) is 6.77. The quantitative estimate of drug-likeness (QED) is 0.531. The van der Waals surface area contributed by atoms with Crippen LogP contribution in [-0.4, -0.2) is 37.5 Å². The Morgan fingerprint density at radius 3 is 2.95 bits per heavy atom. The van der Waals surface area contributed by atoms with Crippen molar-refractivity contribution in [1.29, 1.82) is 0 Å². The molecule has 1 aromatic carbocycles. The molecule has 0 bridgehead atoms. The van der Waals surface area contributed by atoms with Crippen LogP contribution >= 0.6 is 12.2 Å². The molecule has 0 radical (unpaired) electrons. The zero-order chi connectivity index (χ0) is 14.0. The highest BCUT2D eigenvalue weighted by atomic mass is 32.1. The Bertz CT molecular complexity index is 393. The van der Waals surface area contributed by atoms with Gasteiger partial charge in [-0.05, 0) is 50.2 Å². The van der Waals surface area contributed by atoms with Crippen LogP contribution in [0.1, 0.15) is 19.3 Å². The van der Waals surface area contributed by atoms with Gasteiger partial charge in [0.2, 0.25) is 0 Å². The average molecular weight is 293 g/mol. The SMILES string of the molecule is S=C(NCCCOC[C@@H]1CCCN1)Nc1ccccc1. The highest BCUT2D eigenvalue weighted by Gasteiger charge is 2.13. The van der Waals surface area contributed by atoms with Crippen LogP contribution in [0.25, 0.3) is 0 Å². The second-order valence-electron chi connectivity index (χ2n) is 4.97. The van der Waals surface area contributed by atoms with Crippen LogP contribution in [0, 0.1) is 0 Å². The van der Waals surface area contributed by atoms with Crippen molar-refractivity contribution in [1.82, 2.24) is 10.6 Å². The Morgan fingerprint density at radius 2 is 2.20 bits per heavy atom. The van der Waals surface area contributed by atoms with Gasteiger partial charge in [-0.2, -0.15) is 0 Å². The van der Waals surface area contributed by atoms with Crippen molar-refractivity contribution >= 4 is 23.0 Å². The van der Waals surface area contributed by atoms with E-state index >= 15 is 0 Å². The first-order chi connectivity index (χ1) is 9.84. The summed E-state index contributed by atoms with van der Waals surface area (Å²) in [6, 6.07) is 10.5. The molecular formula is C15H23N3OS. The van der Waals surface area contributed by atoms with Crippen molar-refractivity contribution in [2.75, 3.05) is 31.6 Å². The van der Waals surface area contributed by atoms with Gasteiger partial charge in [-0.1, -0.05) is 18.2 Å². The molecule has 4 nitrogen and oxygen atoms in total. The minimum Gasteiger partial charge on any atom is -0.380 e. The summed E-state index contributed by atoms with van der Waals surface area (Å²) < 4.78 is 5.65. The van der Waals surface area contributed by atoms with Gasteiger partial charge in [-0.25, -0.2) is 0 Å². The lowest BCUT2D eigenvalue weighted by atomic mass is 10.2. The Balaban J connectivity index is 1.47. The molecule has 1 heterocycles. The average Bonchev–Trinajstić information content (AvgIpc) is 2.97. The second kappa shape index (κ2) is 8.89. The van der Waals surface area contributed by atoms with Crippen LogP contribution in [0.5, 0.6) is 0 Å². The number of thiocarbonyl (C=S) groups is 1. The predicted molar refractivity (Wildman–Crippen MR) is 87.1 cm³/mol. The number of nitrogens with one attached hydrogen (secondary N) is 3. The molecule has 1 saturated heterocycles. The summed E-state index contributed by atoms with van der Waals surface area (Å²) in [6.07, 6.45) is 3.47. The predicted octanol–water partition coefficient (Wildman–Crippen LogP) is 2.13. The van der Waals surface area contributed by atoms with Gasteiger partial charge in [0.15, 0.2) is 5.11 Å². The highest BCUT2D eigenvalue weighted by molar-refractivity contribution is 7.80. The lowest BCUT2D eigenvalue weighted by Crippen LogP contribution is -2.30. The summed E-state index contributed by atoms with van der Waals surface area (Å²) in [5, 5.41) is 10.4. The van der Waals surface area contributed by atoms with E-state index in [-0.39, 0.29) is 0 Å². The van der Waals surface area contributed by atoms with E-state index in [1.54, 1.807) is 0 Å². The first-order valence-electron chi connectivity index (χ1n) is 7.25. The fraction of sp³-hybridized carbons (Fsp3) is 0.533. The monoisotopic (exact) mass is 293 g/mol. The van der Waals surface area contributed by atoms with E-state index in [0.717, 1.165) is 38.4 Å². The molecule has 0 aliphatic carbocycles. The Morgan fingerprint density at radius 1 is 1.35 bits per heavy atom. The number of ether oxygens (including phenoxy) is 1. The van der Waals surface area contributed by atoms with E-state index in [1.165, 1.54) is 12.8 Å². The molecule has 1 aliphatic heterocycles. The maximum atomic E-state index is 5.65. The topological polar surface area (TPSA) is 45.3 Å². The molecule has 20 heavy (non-hydrogen) atoms. The molecule has 1 aliphatic rings. The number of hydrogen-bond acceptors (Lipinski definition) is 3. The van der Waals surface area contributed by atoms with E-state index in [9.17, 15) is 0 Å². The van der Waals surface area contributed by atoms with E-state index < -0.39 is 0 Å². The molecule has 3 N–H and O–H groups in total. The molecule has 1 fully saturated rings. The van der Waals surface area contributed by atoms with Gasteiger partial charge in [0.05, 0.1) is 6.61 Å². The van der Waals surface area contributed by atoms with Gasteiger partial charge in [-0.3, -0.25) is 0 Å². The maximum absolute atomic E-state index is 5.65. The van der Waals surface area contributed by atoms with E-state index in [1.807, 2.05) is 30.3 Å². The van der Waals surface area contributed by atoms with Crippen LogP contribution in [0.2, 0.25) is 0 Å². The summed E-state index contributed by atoms with van der Waals surface area (Å²) in [5.41, 5.74) is 1.01. The van der Waals surface area contributed by atoms with Crippen molar-refractivity contribution in [3.63, 3.8) is 0 Å². The zero-order valence-electron chi connectivity index (χ0n) is 11.7. The van der Waals surface area contributed by atoms with Crippen LogP contribution < -0.4 is 16.0 Å². The standard InChI is InChI=1S/C15H23N3OS/c20-15(18-13-6-2-1-3-7-13)17-10-5-11-19-12-14-8-4-9-16-14/h1-3,6-7,14,16H,4-5,8-12H2,(H2,17,18,20)/t14-/m0/s1. The van der Waals surface area contributed by atoms with Gasteiger partial charge in [0.1, 0.15) is 0 Å². The molecule has 0 aromatic heterocycles. The number of hydrogen-bond donors (Lipinski definition) is 3. The molecule has 0 spiro atoms. The minimum absolute atomic E-state index is 0.559. The van der Waals surface area contributed by atoms with Gasteiger partial charge in [0, 0.05) is 24.9 Å². The first-order valence-corrected chi connectivity index (χ1v) is 7.66. The summed E-state index contributed by atoms with van der Waals surface area (Å²) >= 11 is 5.23. The lowest BCUT2D eigenvalue weighted by Gasteiger charge is -2.12. The lowest BCUT2D eigenvalue weighted by molar-refractivity contribution is 0.115. The third kappa shape index (κ3) is 5.86. The van der Waals surface area contributed by atoms with Gasteiger partial charge >= 0.3 is 0 Å². The molecule has 110 valence electrons. The number of rotatable bonds is 7. The van der Waals surface area contributed by atoms with Gasteiger partial charge in [-0.15, -0.1) is 0 Å². The number of benzene rings is 1. The van der Waals surface area contributed by atoms with Crippen molar-refractivity contribution in [2.45, 2.75) is 25.3 Å². The largest absolute Gasteiger partial charge is 0.380 e. The third-order valence-corrected chi connectivity index (χ3v) is 3.51. The highest BCUT2D eigenvalue weighted by Crippen LogP contribution is 2.05. The first kappa shape index (κ1) is 15.2. The molecule has 0 saturated carbocycles. The van der Waals surface area contributed by atoms with Crippen molar-refractivity contribution in [3.8, 4) is 0 Å². The third-order valence-electron chi connectivity index (χ3n) is 3.26. The van der Waals surface area contributed by atoms with E-state index in [2.05, 4.69) is 16.0 Å². The normalized spacial score (nSPS) is 17.9. The van der Waals surface area contributed by atoms with Crippen molar-refractivity contribution in [2.24, 2.45) is 0 Å². The molecular weight excluding hydrogens is 270 g/mol.